The van der Waals surface area contributed by atoms with Crippen molar-refractivity contribution >= 4 is 23.5 Å². The van der Waals surface area contributed by atoms with Crippen molar-refractivity contribution in [1.82, 2.24) is 5.32 Å². The summed E-state index contributed by atoms with van der Waals surface area (Å²) in [5.74, 6) is -1.91. The quantitative estimate of drug-likeness (QED) is 0.477. The summed E-state index contributed by atoms with van der Waals surface area (Å²) in [5.41, 5.74) is 1.83. The zero-order valence-electron chi connectivity index (χ0n) is 15.7. The van der Waals surface area contributed by atoms with E-state index in [2.05, 4.69) is 15.4 Å². The van der Waals surface area contributed by atoms with Gasteiger partial charge in [0.25, 0.3) is 0 Å². The van der Waals surface area contributed by atoms with Crippen molar-refractivity contribution in [3.63, 3.8) is 0 Å². The van der Waals surface area contributed by atoms with Gasteiger partial charge in [-0.25, -0.2) is 4.79 Å². The van der Waals surface area contributed by atoms with E-state index >= 15 is 0 Å². The third-order valence-corrected chi connectivity index (χ3v) is 4.30. The molecule has 1 atom stereocenters. The molecule has 0 aliphatic rings. The van der Waals surface area contributed by atoms with Gasteiger partial charge in [0.2, 0.25) is 0 Å². The van der Waals surface area contributed by atoms with Gasteiger partial charge >= 0.3 is 17.8 Å². The molecular formula is C21H24N2O5. The Morgan fingerprint density at radius 3 is 2.25 bits per heavy atom. The van der Waals surface area contributed by atoms with Gasteiger partial charge < -0.3 is 20.5 Å². The van der Waals surface area contributed by atoms with Crippen LogP contribution in [0.3, 0.4) is 0 Å². The first-order valence-electron chi connectivity index (χ1n) is 8.98. The first kappa shape index (κ1) is 21.1. The number of methoxy groups -OCH3 is 1. The second-order valence-corrected chi connectivity index (χ2v) is 6.19. The van der Waals surface area contributed by atoms with E-state index in [1.54, 1.807) is 0 Å². The van der Waals surface area contributed by atoms with E-state index in [1.807, 2.05) is 30.3 Å². The molecule has 0 bridgehead atoms. The number of benzene rings is 2. The number of nitrogens with one attached hydrogen (secondary N) is 2. The molecule has 0 aliphatic carbocycles. The Hall–Kier alpha value is -3.19. The molecule has 0 fully saturated rings. The summed E-state index contributed by atoms with van der Waals surface area (Å²) in [5, 5.41) is 14.3. The molecule has 0 aromatic heterocycles. The van der Waals surface area contributed by atoms with Crippen molar-refractivity contribution in [2.24, 2.45) is 0 Å². The maximum atomic E-state index is 12.0. The molecule has 28 heavy (non-hydrogen) atoms. The standard InChI is InChI=1S/C21H24N2O5/c1-28-21(27)17-7-9-18(10-8-17)23-20(26)19(25)22-13-11-16(12-14-24)15-5-3-2-4-6-15/h2-10,16,24H,11-14H2,1H3,(H,22,25)(H,23,26)/t16-/m1/s1. The number of ether oxygens (including phenoxy) is 1. The van der Waals surface area contributed by atoms with Gasteiger partial charge in [0, 0.05) is 18.8 Å². The van der Waals surface area contributed by atoms with Crippen LogP contribution in [0.1, 0.15) is 34.7 Å². The molecule has 0 unspecified atom stereocenters. The van der Waals surface area contributed by atoms with Crippen LogP contribution in [0, 0.1) is 0 Å². The Kier molecular flexibility index (Phi) is 8.17. The molecule has 2 amide bonds. The largest absolute Gasteiger partial charge is 0.465 e. The molecule has 2 aromatic rings. The number of esters is 1. The van der Waals surface area contributed by atoms with Gasteiger partial charge in [0.15, 0.2) is 0 Å². The van der Waals surface area contributed by atoms with Crippen LogP contribution in [0.15, 0.2) is 54.6 Å². The predicted octanol–water partition coefficient (Wildman–Crippen LogP) is 2.08. The molecule has 148 valence electrons. The maximum absolute atomic E-state index is 12.0. The van der Waals surface area contributed by atoms with Crippen molar-refractivity contribution in [2.45, 2.75) is 18.8 Å². The molecule has 0 spiro atoms. The third-order valence-electron chi connectivity index (χ3n) is 4.30. The fraction of sp³-hybridized carbons (Fsp3) is 0.286. The lowest BCUT2D eigenvalue weighted by atomic mass is 9.93. The topological polar surface area (TPSA) is 105 Å². The lowest BCUT2D eigenvalue weighted by Crippen LogP contribution is -2.36. The predicted molar refractivity (Wildman–Crippen MR) is 105 cm³/mol. The van der Waals surface area contributed by atoms with Crippen molar-refractivity contribution in [3.8, 4) is 0 Å². The van der Waals surface area contributed by atoms with Crippen LogP contribution in [0.2, 0.25) is 0 Å². The van der Waals surface area contributed by atoms with Crippen LogP contribution in [-0.2, 0) is 14.3 Å². The Morgan fingerprint density at radius 1 is 0.964 bits per heavy atom. The Balaban J connectivity index is 1.83. The van der Waals surface area contributed by atoms with Crippen molar-refractivity contribution in [3.05, 3.63) is 65.7 Å². The van der Waals surface area contributed by atoms with E-state index in [0.29, 0.717) is 30.6 Å². The van der Waals surface area contributed by atoms with Gasteiger partial charge in [-0.1, -0.05) is 30.3 Å². The summed E-state index contributed by atoms with van der Waals surface area (Å²) in [6.45, 7) is 0.364. The molecule has 3 N–H and O–H groups in total. The highest BCUT2D eigenvalue weighted by molar-refractivity contribution is 6.39. The molecule has 7 heteroatoms. The van der Waals surface area contributed by atoms with Crippen LogP contribution in [0.5, 0.6) is 0 Å². The number of anilines is 1. The number of carbonyl (C=O) groups is 3. The smallest absolute Gasteiger partial charge is 0.337 e. The van der Waals surface area contributed by atoms with E-state index in [9.17, 15) is 19.5 Å². The van der Waals surface area contributed by atoms with Crippen LogP contribution in [0.4, 0.5) is 5.69 Å². The Labute approximate surface area is 163 Å². The van der Waals surface area contributed by atoms with Gasteiger partial charge in [-0.05, 0) is 48.6 Å². The molecule has 0 saturated carbocycles. The van der Waals surface area contributed by atoms with Gasteiger partial charge in [0.05, 0.1) is 12.7 Å². The van der Waals surface area contributed by atoms with Gasteiger partial charge in [-0.3, -0.25) is 9.59 Å². The summed E-state index contributed by atoms with van der Waals surface area (Å²) in [4.78, 5) is 35.4. The second-order valence-electron chi connectivity index (χ2n) is 6.19. The number of hydrogen-bond acceptors (Lipinski definition) is 5. The van der Waals surface area contributed by atoms with Gasteiger partial charge in [-0.2, -0.15) is 0 Å². The van der Waals surface area contributed by atoms with E-state index < -0.39 is 17.8 Å². The molecule has 0 saturated heterocycles. The van der Waals surface area contributed by atoms with Crippen LogP contribution in [0.25, 0.3) is 0 Å². The van der Waals surface area contributed by atoms with E-state index in [-0.39, 0.29) is 12.5 Å². The van der Waals surface area contributed by atoms with Crippen molar-refractivity contribution in [1.29, 1.82) is 0 Å². The summed E-state index contributed by atoms with van der Waals surface area (Å²) < 4.78 is 4.60. The minimum Gasteiger partial charge on any atom is -0.465 e. The van der Waals surface area contributed by atoms with Crippen LogP contribution < -0.4 is 10.6 Å². The summed E-state index contributed by atoms with van der Waals surface area (Å²) >= 11 is 0. The molecular weight excluding hydrogens is 360 g/mol. The maximum Gasteiger partial charge on any atom is 0.337 e. The van der Waals surface area contributed by atoms with Crippen LogP contribution in [-0.4, -0.2) is 43.2 Å². The Bertz CT molecular complexity index is 790. The van der Waals surface area contributed by atoms with Gasteiger partial charge in [0.1, 0.15) is 0 Å². The summed E-state index contributed by atoms with van der Waals surface area (Å²) in [7, 11) is 1.28. The molecule has 0 aliphatic heterocycles. The van der Waals surface area contributed by atoms with E-state index in [1.165, 1.54) is 31.4 Å². The lowest BCUT2D eigenvalue weighted by molar-refractivity contribution is -0.136. The highest BCUT2D eigenvalue weighted by Gasteiger charge is 2.16. The number of hydrogen-bond donors (Lipinski definition) is 3. The normalized spacial score (nSPS) is 11.4. The highest BCUT2D eigenvalue weighted by atomic mass is 16.5. The average molecular weight is 384 g/mol. The molecule has 7 nitrogen and oxygen atoms in total. The fourth-order valence-corrected chi connectivity index (χ4v) is 2.79. The molecule has 0 heterocycles. The number of aliphatic hydroxyl groups is 1. The second kappa shape index (κ2) is 10.8. The number of rotatable bonds is 8. The van der Waals surface area contributed by atoms with Crippen molar-refractivity contribution in [2.75, 3.05) is 25.6 Å². The lowest BCUT2D eigenvalue weighted by Gasteiger charge is -2.16. The molecule has 0 radical (unpaired) electrons. The fourth-order valence-electron chi connectivity index (χ4n) is 2.79. The summed E-state index contributed by atoms with van der Waals surface area (Å²) in [6.07, 6.45) is 1.19. The number of aliphatic hydroxyl groups excluding tert-OH is 1. The van der Waals surface area contributed by atoms with Crippen molar-refractivity contribution < 1.29 is 24.2 Å². The zero-order valence-corrected chi connectivity index (χ0v) is 15.7. The third kappa shape index (κ3) is 6.21. The molecule has 2 rings (SSSR count). The van der Waals surface area contributed by atoms with E-state index in [4.69, 9.17) is 0 Å². The minimum absolute atomic E-state index is 0.0512. The van der Waals surface area contributed by atoms with E-state index in [0.717, 1.165) is 5.56 Å². The number of amides is 2. The number of carbonyl (C=O) groups excluding carboxylic acids is 3. The van der Waals surface area contributed by atoms with Gasteiger partial charge in [-0.15, -0.1) is 0 Å². The monoisotopic (exact) mass is 384 g/mol. The minimum atomic E-state index is -0.788. The SMILES string of the molecule is COC(=O)c1ccc(NC(=O)C(=O)NCC[C@H](CCO)c2ccccc2)cc1. The first-order chi connectivity index (χ1) is 13.5. The average Bonchev–Trinajstić information content (AvgIpc) is 2.73. The Morgan fingerprint density at radius 2 is 1.64 bits per heavy atom. The first-order valence-corrected chi connectivity index (χ1v) is 8.98. The van der Waals surface area contributed by atoms with Crippen LogP contribution >= 0.6 is 0 Å². The highest BCUT2D eigenvalue weighted by Crippen LogP contribution is 2.22. The molecule has 2 aromatic carbocycles. The zero-order chi connectivity index (χ0) is 20.4. The summed E-state index contributed by atoms with van der Waals surface area (Å²) in [6, 6.07) is 15.8.